The molecular weight excluding hydrogens is 375 g/mol. The highest BCUT2D eigenvalue weighted by atomic mass is 127. The van der Waals surface area contributed by atoms with Crippen molar-refractivity contribution < 1.29 is 19.1 Å². The summed E-state index contributed by atoms with van der Waals surface area (Å²) in [4.78, 5) is 4.25. The number of nitrogens with zero attached hydrogens (tertiary/aromatic N) is 2. The Morgan fingerprint density at radius 3 is 2.95 bits per heavy atom. The summed E-state index contributed by atoms with van der Waals surface area (Å²) in [7, 11) is 1.63. The zero-order valence-corrected chi connectivity index (χ0v) is 13.2. The molecule has 1 aromatic carbocycles. The molecular formula is C13H15IN2O4. The molecule has 0 radical (unpaired) electrons. The molecule has 0 bridgehead atoms. The van der Waals surface area contributed by atoms with E-state index in [9.17, 15) is 5.11 Å². The first-order chi connectivity index (χ1) is 9.70. The van der Waals surface area contributed by atoms with Gasteiger partial charge in [0, 0.05) is 17.1 Å². The summed E-state index contributed by atoms with van der Waals surface area (Å²) in [6.45, 7) is 1.60. The third-order valence-electron chi connectivity index (χ3n) is 2.56. The van der Waals surface area contributed by atoms with Gasteiger partial charge in [0.25, 0.3) is 5.89 Å². The number of methoxy groups -OCH3 is 1. The van der Waals surface area contributed by atoms with Crippen LogP contribution in [0.15, 0.2) is 22.7 Å². The van der Waals surface area contributed by atoms with Gasteiger partial charge in [0.05, 0.1) is 25.4 Å². The molecule has 0 saturated heterocycles. The molecule has 0 atom stereocenters. The van der Waals surface area contributed by atoms with Crippen LogP contribution in [0.4, 0.5) is 0 Å². The van der Waals surface area contributed by atoms with Crippen molar-refractivity contribution in [1.29, 1.82) is 0 Å². The normalized spacial score (nSPS) is 10.9. The first-order valence-corrected chi connectivity index (χ1v) is 7.16. The Kier molecular flexibility index (Phi) is 5.74. The molecule has 6 nitrogen and oxygen atoms in total. The molecule has 20 heavy (non-hydrogen) atoms. The fourth-order valence-corrected chi connectivity index (χ4v) is 2.04. The number of halogens is 1. The van der Waals surface area contributed by atoms with Gasteiger partial charge in [0.15, 0.2) is 5.82 Å². The number of hydrogen-bond acceptors (Lipinski definition) is 6. The number of ether oxygens (including phenoxy) is 2. The van der Waals surface area contributed by atoms with Crippen molar-refractivity contribution >= 4 is 22.6 Å². The molecule has 1 N–H and O–H groups in total. The zero-order valence-electron chi connectivity index (χ0n) is 11.0. The highest BCUT2D eigenvalue weighted by molar-refractivity contribution is 14.1. The maximum absolute atomic E-state index is 9.80. The molecule has 2 aromatic rings. The lowest BCUT2D eigenvalue weighted by molar-refractivity contribution is 0.0714. The highest BCUT2D eigenvalue weighted by Gasteiger charge is 2.13. The SMILES string of the molecule is COCCOCCc1noc(-c2cc(I)ccc2O)n1. The van der Waals surface area contributed by atoms with E-state index in [1.807, 2.05) is 0 Å². The maximum Gasteiger partial charge on any atom is 0.261 e. The van der Waals surface area contributed by atoms with Gasteiger partial charge in [0.1, 0.15) is 5.75 Å². The number of benzene rings is 1. The van der Waals surface area contributed by atoms with Crippen molar-refractivity contribution in [2.45, 2.75) is 6.42 Å². The van der Waals surface area contributed by atoms with Crippen LogP contribution < -0.4 is 0 Å². The van der Waals surface area contributed by atoms with E-state index in [1.165, 1.54) is 0 Å². The number of phenols is 1. The number of phenolic OH excluding ortho intramolecular Hbond substituents is 1. The minimum absolute atomic E-state index is 0.122. The van der Waals surface area contributed by atoms with Crippen LogP contribution in [0.3, 0.4) is 0 Å². The van der Waals surface area contributed by atoms with E-state index in [0.717, 1.165) is 3.57 Å². The van der Waals surface area contributed by atoms with Crippen LogP contribution in [-0.2, 0) is 15.9 Å². The predicted octanol–water partition coefficient (Wildman–Crippen LogP) is 2.25. The van der Waals surface area contributed by atoms with Crippen molar-refractivity contribution in [1.82, 2.24) is 10.1 Å². The Morgan fingerprint density at radius 1 is 1.30 bits per heavy atom. The molecule has 7 heteroatoms. The molecule has 2 rings (SSSR count). The van der Waals surface area contributed by atoms with Gasteiger partial charge in [-0.25, -0.2) is 0 Å². The summed E-state index contributed by atoms with van der Waals surface area (Å²) < 4.78 is 16.4. The van der Waals surface area contributed by atoms with E-state index in [2.05, 4.69) is 32.7 Å². The van der Waals surface area contributed by atoms with Crippen LogP contribution in [0.25, 0.3) is 11.5 Å². The largest absolute Gasteiger partial charge is 0.507 e. The van der Waals surface area contributed by atoms with Gasteiger partial charge in [0.2, 0.25) is 0 Å². The van der Waals surface area contributed by atoms with Crippen molar-refractivity contribution in [2.24, 2.45) is 0 Å². The molecule has 0 unspecified atom stereocenters. The predicted molar refractivity (Wildman–Crippen MR) is 80.5 cm³/mol. The van der Waals surface area contributed by atoms with Crippen LogP contribution in [0, 0.1) is 3.57 Å². The molecule has 0 saturated carbocycles. The van der Waals surface area contributed by atoms with Crippen LogP contribution in [0.1, 0.15) is 5.82 Å². The molecule has 0 aliphatic rings. The van der Waals surface area contributed by atoms with E-state index < -0.39 is 0 Å². The van der Waals surface area contributed by atoms with Crippen LogP contribution in [-0.4, -0.2) is 42.2 Å². The Morgan fingerprint density at radius 2 is 2.15 bits per heavy atom. The topological polar surface area (TPSA) is 77.6 Å². The third kappa shape index (κ3) is 4.15. The highest BCUT2D eigenvalue weighted by Crippen LogP contribution is 2.29. The smallest absolute Gasteiger partial charge is 0.261 e. The molecule has 1 aromatic heterocycles. The van der Waals surface area contributed by atoms with Gasteiger partial charge in [-0.1, -0.05) is 5.16 Å². The summed E-state index contributed by atoms with van der Waals surface area (Å²) in [5.41, 5.74) is 0.538. The van der Waals surface area contributed by atoms with Crippen molar-refractivity contribution in [2.75, 3.05) is 26.9 Å². The first-order valence-electron chi connectivity index (χ1n) is 6.09. The third-order valence-corrected chi connectivity index (χ3v) is 3.23. The summed E-state index contributed by atoms with van der Waals surface area (Å²) >= 11 is 2.16. The van der Waals surface area contributed by atoms with Crippen LogP contribution in [0.2, 0.25) is 0 Å². The molecule has 0 fully saturated rings. The Bertz CT molecular complexity index is 559. The molecule has 0 spiro atoms. The molecule has 1 heterocycles. The first kappa shape index (κ1) is 15.2. The molecule has 0 aliphatic heterocycles. The summed E-state index contributed by atoms with van der Waals surface area (Å²) in [6, 6.07) is 5.21. The monoisotopic (exact) mass is 390 g/mol. The lowest BCUT2D eigenvalue weighted by Gasteiger charge is -2.00. The number of rotatable bonds is 7. The van der Waals surface area contributed by atoms with E-state index in [1.54, 1.807) is 25.3 Å². The minimum atomic E-state index is 0.122. The Labute approximate surface area is 130 Å². The molecule has 0 aliphatic carbocycles. The summed E-state index contributed by atoms with van der Waals surface area (Å²) in [5.74, 6) is 0.987. The quantitative estimate of drug-likeness (QED) is 0.577. The molecule has 108 valence electrons. The van der Waals surface area contributed by atoms with Crippen molar-refractivity contribution in [3.63, 3.8) is 0 Å². The zero-order chi connectivity index (χ0) is 14.4. The number of aromatic hydroxyl groups is 1. The fourth-order valence-electron chi connectivity index (χ4n) is 1.55. The fraction of sp³-hybridized carbons (Fsp3) is 0.385. The number of hydrogen-bond donors (Lipinski definition) is 1. The van der Waals surface area contributed by atoms with Crippen molar-refractivity contribution in [3.8, 4) is 17.2 Å². The standard InChI is InChI=1S/C13H15IN2O4/c1-18-6-7-19-5-4-12-15-13(20-16-12)10-8-9(14)2-3-11(10)17/h2-3,8,17H,4-7H2,1H3. The second-order valence-corrected chi connectivity index (χ2v) is 5.28. The van der Waals surface area contributed by atoms with Gasteiger partial charge >= 0.3 is 0 Å². The lowest BCUT2D eigenvalue weighted by atomic mass is 10.2. The Hall–Kier alpha value is -1.19. The second-order valence-electron chi connectivity index (χ2n) is 4.03. The summed E-state index contributed by atoms with van der Waals surface area (Å²) in [6.07, 6.45) is 0.553. The van der Waals surface area contributed by atoms with E-state index >= 15 is 0 Å². The van der Waals surface area contributed by atoms with Gasteiger partial charge in [-0.15, -0.1) is 0 Å². The average Bonchev–Trinajstić information content (AvgIpc) is 2.90. The molecule has 0 amide bonds. The Balaban J connectivity index is 1.96. The van der Waals surface area contributed by atoms with E-state index in [4.69, 9.17) is 14.0 Å². The number of aromatic nitrogens is 2. The second kappa shape index (κ2) is 7.55. The van der Waals surface area contributed by atoms with Gasteiger partial charge < -0.3 is 19.1 Å². The average molecular weight is 390 g/mol. The maximum atomic E-state index is 9.80. The van der Waals surface area contributed by atoms with Crippen LogP contribution >= 0.6 is 22.6 Å². The lowest BCUT2D eigenvalue weighted by Crippen LogP contribution is -2.05. The van der Waals surface area contributed by atoms with Crippen LogP contribution in [0.5, 0.6) is 5.75 Å². The minimum Gasteiger partial charge on any atom is -0.507 e. The van der Waals surface area contributed by atoms with Gasteiger partial charge in [-0.2, -0.15) is 4.98 Å². The van der Waals surface area contributed by atoms with Gasteiger partial charge in [-0.05, 0) is 40.8 Å². The summed E-state index contributed by atoms with van der Waals surface area (Å²) in [5, 5.41) is 13.7. The van der Waals surface area contributed by atoms with E-state index in [0.29, 0.717) is 43.5 Å². The van der Waals surface area contributed by atoms with Crippen molar-refractivity contribution in [3.05, 3.63) is 27.6 Å². The van der Waals surface area contributed by atoms with Gasteiger partial charge in [-0.3, -0.25) is 0 Å². The van der Waals surface area contributed by atoms with E-state index in [-0.39, 0.29) is 5.75 Å².